The van der Waals surface area contributed by atoms with Crippen molar-refractivity contribution in [1.82, 2.24) is 0 Å². The third kappa shape index (κ3) is 1.35. The van der Waals surface area contributed by atoms with Gasteiger partial charge >= 0.3 is 0 Å². The molecule has 0 saturated carbocycles. The van der Waals surface area contributed by atoms with Crippen molar-refractivity contribution in [2.45, 2.75) is 0 Å². The van der Waals surface area contributed by atoms with Crippen LogP contribution < -0.4 is 0 Å². The Morgan fingerprint density at radius 2 is 0.692 bits per heavy atom. The Hall–Kier alpha value is -3.38. The highest BCUT2D eigenvalue weighted by Gasteiger charge is 2.28. The molecule has 0 atom stereocenters. The standard InChI is InChI=1S/C26H14/c1-2-6-16-14-24-22-12-10-20-18-8-4-3-7-17(18)19-9-11-21(26(22)25(19)20)23(24)13-15(16)5-1/h1-14H. The Bertz CT molecular complexity index is 1320. The zero-order chi connectivity index (χ0) is 16.8. The van der Waals surface area contributed by atoms with Gasteiger partial charge in [-0.1, -0.05) is 72.8 Å². The first-order valence-corrected chi connectivity index (χ1v) is 9.13. The summed E-state index contributed by atoms with van der Waals surface area (Å²) in [4.78, 5) is 0. The van der Waals surface area contributed by atoms with Gasteiger partial charge in [-0.3, -0.25) is 0 Å². The van der Waals surface area contributed by atoms with E-state index in [0.717, 1.165) is 0 Å². The largest absolute Gasteiger partial charge is 0.0616 e. The first kappa shape index (κ1) is 12.9. The van der Waals surface area contributed by atoms with E-state index in [1.807, 2.05) is 0 Å². The molecule has 0 heterocycles. The second kappa shape index (κ2) is 4.23. The molecule has 0 aliphatic heterocycles. The monoisotopic (exact) mass is 326 g/mol. The normalized spacial score (nSPS) is 12.6. The lowest BCUT2D eigenvalue weighted by Gasteiger charge is -2.05. The maximum absolute atomic E-state index is 2.36. The molecule has 0 amide bonds. The average Bonchev–Trinajstić information content (AvgIpc) is 3.19. The van der Waals surface area contributed by atoms with Crippen molar-refractivity contribution in [3.8, 4) is 44.5 Å². The second-order valence-corrected chi connectivity index (χ2v) is 7.36. The highest BCUT2D eigenvalue weighted by molar-refractivity contribution is 6.26. The van der Waals surface area contributed by atoms with E-state index in [1.165, 1.54) is 66.1 Å². The summed E-state index contributed by atoms with van der Waals surface area (Å²) in [5, 5.41) is 5.49. The van der Waals surface area contributed by atoms with Gasteiger partial charge in [-0.15, -0.1) is 0 Å². The summed E-state index contributed by atoms with van der Waals surface area (Å²) in [5.74, 6) is 0. The van der Waals surface area contributed by atoms with Crippen molar-refractivity contribution < 1.29 is 0 Å². The lowest BCUT2D eigenvalue weighted by molar-refractivity contribution is 1.68. The van der Waals surface area contributed by atoms with Gasteiger partial charge < -0.3 is 0 Å². The molecule has 2 aliphatic rings. The van der Waals surface area contributed by atoms with Gasteiger partial charge in [-0.2, -0.15) is 0 Å². The lowest BCUT2D eigenvalue weighted by Crippen LogP contribution is -1.79. The molecule has 118 valence electrons. The molecule has 5 aromatic carbocycles. The van der Waals surface area contributed by atoms with Gasteiger partial charge in [0.1, 0.15) is 0 Å². The fourth-order valence-electron chi connectivity index (χ4n) is 5.03. The molecule has 5 aromatic rings. The minimum Gasteiger partial charge on any atom is -0.0616 e. The summed E-state index contributed by atoms with van der Waals surface area (Å²) in [7, 11) is 0. The third-order valence-corrected chi connectivity index (χ3v) is 6.13. The van der Waals surface area contributed by atoms with E-state index in [0.29, 0.717) is 0 Å². The molecule has 0 aromatic heterocycles. The Balaban J connectivity index is 1.68. The molecule has 2 aliphatic carbocycles. The SMILES string of the molecule is c1ccc2c(c1)-c1ccc3c4c(ccc-2c14)-c1cc2ccccc2cc1-3. The molecular weight excluding hydrogens is 312 g/mol. The van der Waals surface area contributed by atoms with Crippen LogP contribution in [0.3, 0.4) is 0 Å². The summed E-state index contributed by atoms with van der Waals surface area (Å²) in [6.45, 7) is 0. The molecule has 0 N–H and O–H groups in total. The minimum absolute atomic E-state index is 1.31. The van der Waals surface area contributed by atoms with E-state index in [1.54, 1.807) is 0 Å². The predicted octanol–water partition coefficient (Wildman–Crippen LogP) is 7.29. The Morgan fingerprint density at radius 3 is 1.15 bits per heavy atom. The second-order valence-electron chi connectivity index (χ2n) is 7.36. The van der Waals surface area contributed by atoms with Crippen LogP contribution in [0.25, 0.3) is 66.1 Å². The van der Waals surface area contributed by atoms with E-state index in [4.69, 9.17) is 0 Å². The first-order valence-electron chi connectivity index (χ1n) is 9.13. The van der Waals surface area contributed by atoms with Gasteiger partial charge in [0, 0.05) is 0 Å². The number of benzene rings is 5. The fourth-order valence-corrected chi connectivity index (χ4v) is 5.03. The predicted molar refractivity (Wildman–Crippen MR) is 110 cm³/mol. The van der Waals surface area contributed by atoms with Gasteiger partial charge in [-0.25, -0.2) is 0 Å². The summed E-state index contributed by atoms with van der Waals surface area (Å²) in [5.41, 5.74) is 11.0. The molecular formula is C26H14. The first-order chi connectivity index (χ1) is 12.9. The number of hydrogen-bond donors (Lipinski definition) is 0. The van der Waals surface area contributed by atoms with Crippen molar-refractivity contribution in [3.63, 3.8) is 0 Å². The zero-order valence-electron chi connectivity index (χ0n) is 14.1. The van der Waals surface area contributed by atoms with Crippen LogP contribution in [0.15, 0.2) is 84.9 Å². The van der Waals surface area contributed by atoms with E-state index in [-0.39, 0.29) is 0 Å². The van der Waals surface area contributed by atoms with Crippen molar-refractivity contribution in [2.75, 3.05) is 0 Å². The maximum atomic E-state index is 2.36. The highest BCUT2D eigenvalue weighted by Crippen LogP contribution is 2.56. The van der Waals surface area contributed by atoms with Crippen LogP contribution >= 0.6 is 0 Å². The van der Waals surface area contributed by atoms with Crippen molar-refractivity contribution in [1.29, 1.82) is 0 Å². The number of fused-ring (bicyclic) bond motifs is 7. The summed E-state index contributed by atoms with van der Waals surface area (Å²) < 4.78 is 0. The Kier molecular flexibility index (Phi) is 2.10. The van der Waals surface area contributed by atoms with Crippen LogP contribution in [0.1, 0.15) is 0 Å². The van der Waals surface area contributed by atoms with Crippen molar-refractivity contribution in [2.24, 2.45) is 0 Å². The molecule has 7 rings (SSSR count). The quantitative estimate of drug-likeness (QED) is 0.274. The van der Waals surface area contributed by atoms with Gasteiger partial charge in [0.15, 0.2) is 0 Å². The van der Waals surface area contributed by atoms with E-state index in [9.17, 15) is 0 Å². The summed E-state index contributed by atoms with van der Waals surface area (Å²) in [6, 6.07) is 31.5. The topological polar surface area (TPSA) is 0 Å². The molecule has 0 nitrogen and oxygen atoms in total. The van der Waals surface area contributed by atoms with Gasteiger partial charge in [0.25, 0.3) is 0 Å². The van der Waals surface area contributed by atoms with Crippen LogP contribution in [0.5, 0.6) is 0 Å². The third-order valence-electron chi connectivity index (χ3n) is 6.13. The molecule has 0 radical (unpaired) electrons. The number of hydrogen-bond acceptors (Lipinski definition) is 0. The van der Waals surface area contributed by atoms with Gasteiger partial charge in [0.05, 0.1) is 0 Å². The van der Waals surface area contributed by atoms with Crippen LogP contribution in [-0.4, -0.2) is 0 Å². The molecule has 0 heteroatoms. The van der Waals surface area contributed by atoms with Crippen LogP contribution in [0.2, 0.25) is 0 Å². The molecule has 0 unspecified atom stereocenters. The van der Waals surface area contributed by atoms with Gasteiger partial charge in [-0.05, 0) is 78.2 Å². The Labute approximate surface area is 151 Å². The molecule has 0 fully saturated rings. The van der Waals surface area contributed by atoms with Crippen LogP contribution in [0, 0.1) is 0 Å². The highest BCUT2D eigenvalue weighted by atomic mass is 14.3. The average molecular weight is 326 g/mol. The molecule has 0 saturated heterocycles. The van der Waals surface area contributed by atoms with Crippen molar-refractivity contribution >= 4 is 21.5 Å². The summed E-state index contributed by atoms with van der Waals surface area (Å²) >= 11 is 0. The van der Waals surface area contributed by atoms with Gasteiger partial charge in [0.2, 0.25) is 0 Å². The van der Waals surface area contributed by atoms with Crippen LogP contribution in [0.4, 0.5) is 0 Å². The van der Waals surface area contributed by atoms with Crippen LogP contribution in [-0.2, 0) is 0 Å². The lowest BCUT2D eigenvalue weighted by atomic mass is 9.97. The van der Waals surface area contributed by atoms with E-state index in [2.05, 4.69) is 84.9 Å². The zero-order valence-corrected chi connectivity index (χ0v) is 14.1. The smallest absolute Gasteiger partial charge is 0.00139 e. The summed E-state index contributed by atoms with van der Waals surface area (Å²) in [6.07, 6.45) is 0. The molecule has 0 spiro atoms. The van der Waals surface area contributed by atoms with E-state index >= 15 is 0 Å². The molecule has 0 bridgehead atoms. The van der Waals surface area contributed by atoms with E-state index < -0.39 is 0 Å². The fraction of sp³-hybridized carbons (Fsp3) is 0. The molecule has 26 heavy (non-hydrogen) atoms. The minimum atomic E-state index is 1.31. The number of rotatable bonds is 0. The maximum Gasteiger partial charge on any atom is -0.00139 e. The van der Waals surface area contributed by atoms with Crippen molar-refractivity contribution in [3.05, 3.63) is 84.9 Å². The Morgan fingerprint density at radius 1 is 0.308 bits per heavy atom.